The lowest BCUT2D eigenvalue weighted by Gasteiger charge is -2.03. The van der Waals surface area contributed by atoms with Gasteiger partial charge >= 0.3 is 0 Å². The maximum atomic E-state index is 13.2. The van der Waals surface area contributed by atoms with E-state index in [-0.39, 0.29) is 10.8 Å². The van der Waals surface area contributed by atoms with Crippen LogP contribution in [0.25, 0.3) is 0 Å². The summed E-state index contributed by atoms with van der Waals surface area (Å²) in [6, 6.07) is 5.99. The maximum Gasteiger partial charge on any atom is 0.219 e. The Hall–Kier alpha value is -1.23. The molecule has 88 valence electrons. The topological polar surface area (TPSA) is 46.2 Å². The van der Waals surface area contributed by atoms with Crippen LogP contribution in [0.3, 0.4) is 0 Å². The maximum absolute atomic E-state index is 13.2. The van der Waals surface area contributed by atoms with E-state index in [1.807, 2.05) is 0 Å². The summed E-state index contributed by atoms with van der Waals surface area (Å²) in [4.78, 5) is 11.1. The van der Waals surface area contributed by atoms with Crippen molar-refractivity contribution in [3.05, 3.63) is 30.1 Å². The minimum Gasteiger partial charge on any atom is -0.359 e. The molecule has 0 heterocycles. The van der Waals surface area contributed by atoms with Gasteiger partial charge < -0.3 is 5.32 Å². The third-order valence-electron chi connectivity index (χ3n) is 2.09. The Kier molecular flexibility index (Phi) is 5.11. The monoisotopic (exact) mass is 243 g/mol. The average Bonchev–Trinajstić information content (AvgIpc) is 2.29. The van der Waals surface area contributed by atoms with Crippen LogP contribution in [0.5, 0.6) is 0 Å². The van der Waals surface area contributed by atoms with E-state index in [9.17, 15) is 13.4 Å². The van der Waals surface area contributed by atoms with Crippen molar-refractivity contribution in [1.82, 2.24) is 5.32 Å². The normalized spacial score (nSPS) is 12.1. The molecular formula is C11H14FNO2S. The molecule has 0 radical (unpaired) electrons. The van der Waals surface area contributed by atoms with E-state index < -0.39 is 16.6 Å². The highest BCUT2D eigenvalue weighted by molar-refractivity contribution is 7.85. The van der Waals surface area contributed by atoms with Crippen molar-refractivity contribution < 1.29 is 13.4 Å². The third kappa shape index (κ3) is 3.73. The van der Waals surface area contributed by atoms with Gasteiger partial charge in [-0.1, -0.05) is 12.1 Å². The second-order valence-corrected chi connectivity index (χ2v) is 4.80. The molecule has 1 atom stereocenters. The zero-order chi connectivity index (χ0) is 12.0. The predicted molar refractivity (Wildman–Crippen MR) is 61.0 cm³/mol. The van der Waals surface area contributed by atoms with Gasteiger partial charge in [0.05, 0.1) is 15.7 Å². The number of halogens is 1. The Labute approximate surface area is 96.5 Å². The molecule has 16 heavy (non-hydrogen) atoms. The van der Waals surface area contributed by atoms with Gasteiger partial charge in [-0.15, -0.1) is 0 Å². The summed E-state index contributed by atoms with van der Waals surface area (Å²) in [6.45, 7) is 0. The molecule has 0 aromatic heterocycles. The first-order valence-electron chi connectivity index (χ1n) is 4.98. The van der Waals surface area contributed by atoms with Crippen molar-refractivity contribution in [2.45, 2.75) is 17.7 Å². The van der Waals surface area contributed by atoms with Crippen LogP contribution >= 0.6 is 0 Å². The van der Waals surface area contributed by atoms with Crippen LogP contribution in [0, 0.1) is 5.82 Å². The molecule has 0 bridgehead atoms. The van der Waals surface area contributed by atoms with Gasteiger partial charge in [0.1, 0.15) is 5.82 Å². The van der Waals surface area contributed by atoms with Gasteiger partial charge in [-0.3, -0.25) is 9.00 Å². The van der Waals surface area contributed by atoms with Crippen LogP contribution in [0.4, 0.5) is 4.39 Å². The number of amides is 1. The van der Waals surface area contributed by atoms with Crippen LogP contribution in [-0.4, -0.2) is 22.9 Å². The van der Waals surface area contributed by atoms with Crippen molar-refractivity contribution >= 4 is 16.7 Å². The van der Waals surface area contributed by atoms with E-state index in [4.69, 9.17) is 0 Å². The van der Waals surface area contributed by atoms with E-state index in [0.29, 0.717) is 18.6 Å². The van der Waals surface area contributed by atoms with E-state index in [1.54, 1.807) is 19.2 Å². The Morgan fingerprint density at radius 3 is 2.75 bits per heavy atom. The summed E-state index contributed by atoms with van der Waals surface area (Å²) in [5.41, 5.74) is 0. The number of carbonyl (C=O) groups is 1. The van der Waals surface area contributed by atoms with E-state index in [0.717, 1.165) is 0 Å². The summed E-state index contributed by atoms with van der Waals surface area (Å²) in [5.74, 6) is -0.250. The number of benzene rings is 1. The number of hydrogen-bond donors (Lipinski definition) is 1. The molecule has 5 heteroatoms. The first-order chi connectivity index (χ1) is 7.65. The minimum atomic E-state index is -1.37. The molecule has 1 amide bonds. The van der Waals surface area contributed by atoms with Crippen molar-refractivity contribution in [2.75, 3.05) is 12.8 Å². The highest BCUT2D eigenvalue weighted by atomic mass is 32.2. The summed E-state index contributed by atoms with van der Waals surface area (Å²) >= 11 is 0. The molecule has 0 aliphatic carbocycles. The van der Waals surface area contributed by atoms with Crippen molar-refractivity contribution in [3.8, 4) is 0 Å². The van der Waals surface area contributed by atoms with Crippen molar-refractivity contribution in [1.29, 1.82) is 0 Å². The van der Waals surface area contributed by atoms with Gasteiger partial charge in [0.15, 0.2) is 0 Å². The van der Waals surface area contributed by atoms with Crippen molar-refractivity contribution in [3.63, 3.8) is 0 Å². The lowest BCUT2D eigenvalue weighted by Crippen LogP contribution is -2.18. The Morgan fingerprint density at radius 2 is 2.12 bits per heavy atom. The SMILES string of the molecule is CNC(=O)CCCS(=O)c1ccccc1F. The summed E-state index contributed by atoms with van der Waals surface area (Å²) in [7, 11) is 0.183. The zero-order valence-corrected chi connectivity index (χ0v) is 9.85. The predicted octanol–water partition coefficient (Wildman–Crippen LogP) is 1.46. The number of carbonyl (C=O) groups excluding carboxylic acids is 1. The van der Waals surface area contributed by atoms with Crippen LogP contribution in [0.1, 0.15) is 12.8 Å². The first-order valence-corrected chi connectivity index (χ1v) is 6.30. The van der Waals surface area contributed by atoms with E-state index in [2.05, 4.69) is 5.32 Å². The molecule has 1 aromatic carbocycles. The van der Waals surface area contributed by atoms with Gasteiger partial charge in [0.25, 0.3) is 0 Å². The minimum absolute atomic E-state index is 0.0921. The summed E-state index contributed by atoms with van der Waals surface area (Å²) < 4.78 is 24.9. The lowest BCUT2D eigenvalue weighted by molar-refractivity contribution is -0.120. The molecule has 0 saturated heterocycles. The third-order valence-corrected chi connectivity index (χ3v) is 3.58. The molecule has 0 saturated carbocycles. The Morgan fingerprint density at radius 1 is 1.44 bits per heavy atom. The van der Waals surface area contributed by atoms with Crippen LogP contribution in [-0.2, 0) is 15.6 Å². The van der Waals surface area contributed by atoms with Crippen LogP contribution in [0.15, 0.2) is 29.2 Å². The highest BCUT2D eigenvalue weighted by Gasteiger charge is 2.09. The van der Waals surface area contributed by atoms with E-state index >= 15 is 0 Å². The van der Waals surface area contributed by atoms with Gasteiger partial charge in [-0.2, -0.15) is 0 Å². The molecule has 1 rings (SSSR count). The Bertz CT molecular complexity index is 395. The Balaban J connectivity index is 2.47. The fraction of sp³-hybridized carbons (Fsp3) is 0.364. The molecule has 0 aliphatic rings. The van der Waals surface area contributed by atoms with Gasteiger partial charge in [-0.25, -0.2) is 4.39 Å². The largest absolute Gasteiger partial charge is 0.359 e. The molecule has 1 N–H and O–H groups in total. The fourth-order valence-electron chi connectivity index (χ4n) is 1.23. The lowest BCUT2D eigenvalue weighted by atomic mass is 10.3. The van der Waals surface area contributed by atoms with Crippen LogP contribution in [0.2, 0.25) is 0 Å². The molecule has 0 fully saturated rings. The molecule has 3 nitrogen and oxygen atoms in total. The molecular weight excluding hydrogens is 229 g/mol. The molecule has 0 aliphatic heterocycles. The fourth-order valence-corrected chi connectivity index (χ4v) is 2.37. The quantitative estimate of drug-likeness (QED) is 0.851. The number of rotatable bonds is 5. The van der Waals surface area contributed by atoms with Gasteiger partial charge in [0, 0.05) is 19.2 Å². The number of nitrogens with one attached hydrogen (secondary N) is 1. The summed E-state index contributed by atoms with van der Waals surface area (Å²) in [5, 5.41) is 2.48. The first kappa shape index (κ1) is 12.8. The van der Waals surface area contributed by atoms with E-state index in [1.165, 1.54) is 12.1 Å². The average molecular weight is 243 g/mol. The molecule has 1 unspecified atom stereocenters. The highest BCUT2D eigenvalue weighted by Crippen LogP contribution is 2.12. The number of hydrogen-bond acceptors (Lipinski definition) is 2. The standard InChI is InChI=1S/C11H14FNO2S/c1-13-11(14)7-4-8-16(15)10-6-3-2-5-9(10)12/h2-3,5-6H,4,7-8H2,1H3,(H,13,14). The zero-order valence-electron chi connectivity index (χ0n) is 9.03. The smallest absolute Gasteiger partial charge is 0.219 e. The van der Waals surface area contributed by atoms with Crippen LogP contribution < -0.4 is 5.32 Å². The molecule has 0 spiro atoms. The van der Waals surface area contributed by atoms with Gasteiger partial charge in [0.2, 0.25) is 5.91 Å². The van der Waals surface area contributed by atoms with Gasteiger partial charge in [-0.05, 0) is 18.6 Å². The molecule has 1 aromatic rings. The summed E-state index contributed by atoms with van der Waals surface area (Å²) in [6.07, 6.45) is 0.803. The van der Waals surface area contributed by atoms with Crippen molar-refractivity contribution in [2.24, 2.45) is 0 Å². The second kappa shape index (κ2) is 6.37. The second-order valence-electron chi connectivity index (χ2n) is 3.26.